The Morgan fingerprint density at radius 2 is 2.04 bits per heavy atom. The lowest BCUT2D eigenvalue weighted by molar-refractivity contribution is 0.362. The first-order valence-electron chi connectivity index (χ1n) is 8.75. The normalized spacial score (nSPS) is 15.7. The van der Waals surface area contributed by atoms with Crippen molar-refractivity contribution in [3.8, 4) is 0 Å². The van der Waals surface area contributed by atoms with Crippen LogP contribution in [0.5, 0.6) is 0 Å². The predicted octanol–water partition coefficient (Wildman–Crippen LogP) is 1.93. The maximum absolute atomic E-state index is 12.6. The molecule has 4 rings (SSSR count). The summed E-state index contributed by atoms with van der Waals surface area (Å²) < 4.78 is 7.84. The first kappa shape index (κ1) is 19.0. The zero-order chi connectivity index (χ0) is 19.7. The average molecular weight is 420 g/mol. The third-order valence-corrected chi connectivity index (χ3v) is 5.82. The van der Waals surface area contributed by atoms with Crippen molar-refractivity contribution in [3.05, 3.63) is 79.2 Å². The second kappa shape index (κ2) is 7.94. The molecule has 0 saturated heterocycles. The second-order valence-electron chi connectivity index (χ2n) is 6.55. The van der Waals surface area contributed by atoms with Crippen molar-refractivity contribution in [2.24, 2.45) is 5.73 Å². The maximum atomic E-state index is 12.6. The van der Waals surface area contributed by atoms with E-state index in [1.165, 1.54) is 10.6 Å². The molecular weight excluding hydrogens is 402 g/mol. The summed E-state index contributed by atoms with van der Waals surface area (Å²) in [6, 6.07) is 8.78. The highest BCUT2D eigenvalue weighted by atomic mass is 35.5. The summed E-state index contributed by atoms with van der Waals surface area (Å²) in [6.07, 6.45) is 0.647. The summed E-state index contributed by atoms with van der Waals surface area (Å²) in [6.45, 7) is 0.452. The fraction of sp³-hybridized carbons (Fsp3) is 0.333. The van der Waals surface area contributed by atoms with Gasteiger partial charge in [0.15, 0.2) is 5.82 Å². The summed E-state index contributed by atoms with van der Waals surface area (Å²) in [4.78, 5) is 29.1. The van der Waals surface area contributed by atoms with Gasteiger partial charge in [-0.25, -0.2) is 4.79 Å². The van der Waals surface area contributed by atoms with Crippen LogP contribution in [0, 0.1) is 0 Å². The van der Waals surface area contributed by atoms with E-state index in [0.29, 0.717) is 35.3 Å². The minimum absolute atomic E-state index is 0.0535. The predicted molar refractivity (Wildman–Crippen MR) is 106 cm³/mol. The minimum Gasteiger partial charge on any atom is -0.337 e. The maximum Gasteiger partial charge on any atom is 0.331 e. The number of nitrogens with zero attached hydrogens (tertiary/aromatic N) is 4. The Hall–Kier alpha value is -2.36. The van der Waals surface area contributed by atoms with Crippen LogP contribution in [0.25, 0.3) is 0 Å². The summed E-state index contributed by atoms with van der Waals surface area (Å²) in [5.74, 6) is 2.08. The molecule has 0 spiro atoms. The van der Waals surface area contributed by atoms with Crippen molar-refractivity contribution < 1.29 is 4.52 Å². The molecule has 0 fully saturated rings. The van der Waals surface area contributed by atoms with E-state index in [2.05, 4.69) is 10.1 Å². The SMILES string of the molecule is NC1CCn2c1cc(=O)n(Cc1nc(CSCc3ccc(Cl)cc3)no1)c2=O. The fourth-order valence-electron chi connectivity index (χ4n) is 3.12. The zero-order valence-electron chi connectivity index (χ0n) is 14.9. The zero-order valence-corrected chi connectivity index (χ0v) is 16.4. The molecule has 1 unspecified atom stereocenters. The van der Waals surface area contributed by atoms with Gasteiger partial charge in [-0.1, -0.05) is 28.9 Å². The van der Waals surface area contributed by atoms with E-state index in [1.54, 1.807) is 11.8 Å². The smallest absolute Gasteiger partial charge is 0.331 e. The Balaban J connectivity index is 1.42. The molecular formula is C18H18ClN5O3S. The first-order valence-corrected chi connectivity index (χ1v) is 10.3. The van der Waals surface area contributed by atoms with Gasteiger partial charge in [0.25, 0.3) is 5.56 Å². The molecule has 10 heteroatoms. The van der Waals surface area contributed by atoms with Gasteiger partial charge < -0.3 is 10.3 Å². The topological polar surface area (TPSA) is 109 Å². The highest BCUT2D eigenvalue weighted by molar-refractivity contribution is 7.97. The van der Waals surface area contributed by atoms with E-state index in [0.717, 1.165) is 15.9 Å². The molecule has 146 valence electrons. The van der Waals surface area contributed by atoms with Crippen LogP contribution in [0.2, 0.25) is 5.02 Å². The van der Waals surface area contributed by atoms with E-state index in [4.69, 9.17) is 21.9 Å². The molecule has 28 heavy (non-hydrogen) atoms. The first-order chi connectivity index (χ1) is 13.5. The molecule has 0 amide bonds. The molecule has 8 nitrogen and oxygen atoms in total. The number of halogens is 1. The van der Waals surface area contributed by atoms with Gasteiger partial charge in [0.1, 0.15) is 6.54 Å². The summed E-state index contributed by atoms with van der Waals surface area (Å²) in [5, 5.41) is 4.63. The molecule has 0 bridgehead atoms. The number of rotatable bonds is 6. The van der Waals surface area contributed by atoms with Gasteiger partial charge >= 0.3 is 5.69 Å². The lowest BCUT2D eigenvalue weighted by Crippen LogP contribution is -2.40. The Kier molecular flexibility index (Phi) is 5.38. The van der Waals surface area contributed by atoms with Crippen molar-refractivity contribution in [1.29, 1.82) is 0 Å². The molecule has 3 aromatic rings. The van der Waals surface area contributed by atoms with Crippen LogP contribution in [0.3, 0.4) is 0 Å². The molecule has 2 aromatic heterocycles. The van der Waals surface area contributed by atoms with Gasteiger partial charge in [-0.2, -0.15) is 4.98 Å². The van der Waals surface area contributed by atoms with E-state index < -0.39 is 11.2 Å². The molecule has 2 N–H and O–H groups in total. The van der Waals surface area contributed by atoms with Crippen LogP contribution in [-0.2, 0) is 24.6 Å². The van der Waals surface area contributed by atoms with Gasteiger partial charge in [0, 0.05) is 35.1 Å². The van der Waals surface area contributed by atoms with Gasteiger partial charge in [-0.15, -0.1) is 11.8 Å². The van der Waals surface area contributed by atoms with Crippen LogP contribution in [0.4, 0.5) is 0 Å². The highest BCUT2D eigenvalue weighted by Gasteiger charge is 2.23. The molecule has 1 atom stereocenters. The Morgan fingerprint density at radius 3 is 2.82 bits per heavy atom. The monoisotopic (exact) mass is 419 g/mol. The second-order valence-corrected chi connectivity index (χ2v) is 7.97. The Bertz CT molecular complexity index is 1110. The Labute approximate surface area is 169 Å². The fourth-order valence-corrected chi connectivity index (χ4v) is 4.07. The Morgan fingerprint density at radius 1 is 1.25 bits per heavy atom. The van der Waals surface area contributed by atoms with Crippen LogP contribution < -0.4 is 17.0 Å². The van der Waals surface area contributed by atoms with E-state index in [1.807, 2.05) is 24.3 Å². The van der Waals surface area contributed by atoms with E-state index >= 15 is 0 Å². The standard InChI is InChI=1S/C18H18ClN5O3S/c19-12-3-1-11(2-4-12)9-28-10-15-21-16(27-22-15)8-24-17(25)7-14-13(20)5-6-23(14)18(24)26/h1-4,7,13H,5-6,8-10,20H2. The van der Waals surface area contributed by atoms with Crippen LogP contribution in [0.15, 0.2) is 44.4 Å². The highest BCUT2D eigenvalue weighted by Crippen LogP contribution is 2.20. The van der Waals surface area contributed by atoms with Crippen LogP contribution >= 0.6 is 23.4 Å². The van der Waals surface area contributed by atoms with Gasteiger partial charge in [0.05, 0.1) is 5.75 Å². The van der Waals surface area contributed by atoms with Gasteiger partial charge in [-0.05, 0) is 24.1 Å². The van der Waals surface area contributed by atoms with Crippen LogP contribution in [0.1, 0.15) is 35.4 Å². The van der Waals surface area contributed by atoms with E-state index in [9.17, 15) is 9.59 Å². The average Bonchev–Trinajstić information content (AvgIpc) is 3.27. The third kappa shape index (κ3) is 3.91. The van der Waals surface area contributed by atoms with Crippen molar-refractivity contribution in [3.63, 3.8) is 0 Å². The van der Waals surface area contributed by atoms with Crippen molar-refractivity contribution in [2.45, 2.75) is 37.1 Å². The van der Waals surface area contributed by atoms with Crippen molar-refractivity contribution in [2.75, 3.05) is 0 Å². The van der Waals surface area contributed by atoms with Gasteiger partial charge in [0.2, 0.25) is 5.89 Å². The van der Waals surface area contributed by atoms with Crippen molar-refractivity contribution >= 4 is 23.4 Å². The summed E-state index contributed by atoms with van der Waals surface area (Å²) in [5.41, 5.74) is 6.85. The lowest BCUT2D eigenvalue weighted by atomic mass is 10.2. The number of benzene rings is 1. The number of hydrogen-bond donors (Lipinski definition) is 1. The largest absolute Gasteiger partial charge is 0.337 e. The van der Waals surface area contributed by atoms with E-state index in [-0.39, 0.29) is 18.5 Å². The summed E-state index contributed by atoms with van der Waals surface area (Å²) in [7, 11) is 0. The molecule has 0 saturated carbocycles. The molecule has 1 aliphatic heterocycles. The minimum atomic E-state index is -0.412. The molecule has 0 radical (unpaired) electrons. The van der Waals surface area contributed by atoms with Gasteiger partial charge in [-0.3, -0.25) is 13.9 Å². The lowest BCUT2D eigenvalue weighted by Gasteiger charge is -2.08. The third-order valence-electron chi connectivity index (χ3n) is 4.57. The molecule has 0 aliphatic carbocycles. The quantitative estimate of drug-likeness (QED) is 0.650. The van der Waals surface area contributed by atoms with Crippen molar-refractivity contribution in [1.82, 2.24) is 19.3 Å². The molecule has 1 aromatic carbocycles. The number of aromatic nitrogens is 4. The number of nitrogens with two attached hydrogens (primary N) is 1. The number of thioether (sulfide) groups is 1. The molecule has 3 heterocycles. The summed E-state index contributed by atoms with van der Waals surface area (Å²) >= 11 is 7.51. The number of fused-ring (bicyclic) bond motifs is 1. The molecule has 1 aliphatic rings. The van der Waals surface area contributed by atoms with Crippen LogP contribution in [-0.4, -0.2) is 19.3 Å². The number of hydrogen-bond acceptors (Lipinski definition) is 7.